The highest BCUT2D eigenvalue weighted by Gasteiger charge is 2.16. The maximum atomic E-state index is 5.47. The number of aryl methyl sites for hydroxylation is 1. The molecule has 0 bridgehead atoms. The number of aromatic nitrogens is 3. The molecule has 1 aromatic carbocycles. The van der Waals surface area contributed by atoms with Crippen LogP contribution in [-0.4, -0.2) is 65.4 Å². The molecule has 0 amide bonds. The van der Waals surface area contributed by atoms with Gasteiger partial charge in [0.15, 0.2) is 5.16 Å². The van der Waals surface area contributed by atoms with E-state index in [1.807, 2.05) is 31.2 Å². The van der Waals surface area contributed by atoms with Crippen molar-refractivity contribution in [2.24, 2.45) is 0 Å². The molecular formula is C16H22N4O2S. The predicted octanol–water partition coefficient (Wildman–Crippen LogP) is 2.01. The lowest BCUT2D eigenvalue weighted by Gasteiger charge is -2.26. The van der Waals surface area contributed by atoms with Crippen molar-refractivity contribution in [2.45, 2.75) is 12.1 Å². The lowest BCUT2D eigenvalue weighted by molar-refractivity contribution is 0.0410. The first-order valence-electron chi connectivity index (χ1n) is 7.78. The van der Waals surface area contributed by atoms with Gasteiger partial charge in [-0.05, 0) is 19.1 Å². The van der Waals surface area contributed by atoms with Crippen molar-refractivity contribution in [3.8, 4) is 11.4 Å². The minimum Gasteiger partial charge on any atom is -0.495 e. The molecule has 0 saturated carbocycles. The van der Waals surface area contributed by atoms with Gasteiger partial charge in [-0.3, -0.25) is 9.47 Å². The standard InChI is InChI=1S/C16H22N4O2S/c1-13-17-18-16(23-12-9-19-7-10-22-11-8-19)20(13)14-5-3-4-6-15(14)21-2/h3-6H,7-12H2,1-2H3. The van der Waals surface area contributed by atoms with Crippen molar-refractivity contribution < 1.29 is 9.47 Å². The Hall–Kier alpha value is -1.57. The van der Waals surface area contributed by atoms with Crippen molar-refractivity contribution in [3.05, 3.63) is 30.1 Å². The number of morpholine rings is 1. The number of rotatable bonds is 6. The summed E-state index contributed by atoms with van der Waals surface area (Å²) in [6.07, 6.45) is 0. The van der Waals surface area contributed by atoms with Crippen LogP contribution in [0.5, 0.6) is 5.75 Å². The van der Waals surface area contributed by atoms with Gasteiger partial charge in [0, 0.05) is 25.4 Å². The van der Waals surface area contributed by atoms with Crippen molar-refractivity contribution in [1.29, 1.82) is 0 Å². The highest BCUT2D eigenvalue weighted by molar-refractivity contribution is 7.99. The number of nitrogens with zero attached hydrogens (tertiary/aromatic N) is 4. The minimum atomic E-state index is 0.824. The Labute approximate surface area is 140 Å². The minimum absolute atomic E-state index is 0.824. The lowest BCUT2D eigenvalue weighted by atomic mass is 10.3. The summed E-state index contributed by atoms with van der Waals surface area (Å²) in [5.74, 6) is 2.67. The Morgan fingerprint density at radius 2 is 2.00 bits per heavy atom. The molecule has 0 radical (unpaired) electrons. The Kier molecular flexibility index (Phi) is 5.53. The van der Waals surface area contributed by atoms with Gasteiger partial charge in [0.25, 0.3) is 0 Å². The third-order valence-electron chi connectivity index (χ3n) is 3.86. The van der Waals surface area contributed by atoms with E-state index in [0.717, 1.165) is 61.0 Å². The summed E-state index contributed by atoms with van der Waals surface area (Å²) in [7, 11) is 1.68. The molecule has 3 rings (SSSR count). The maximum absolute atomic E-state index is 5.47. The number of benzene rings is 1. The van der Waals surface area contributed by atoms with Crippen LogP contribution in [0.4, 0.5) is 0 Å². The van der Waals surface area contributed by atoms with Crippen molar-refractivity contribution in [3.63, 3.8) is 0 Å². The fourth-order valence-electron chi connectivity index (χ4n) is 2.62. The second-order valence-corrected chi connectivity index (χ2v) is 6.40. The topological polar surface area (TPSA) is 52.4 Å². The van der Waals surface area contributed by atoms with E-state index in [1.165, 1.54) is 0 Å². The van der Waals surface area contributed by atoms with E-state index >= 15 is 0 Å². The summed E-state index contributed by atoms with van der Waals surface area (Å²) in [5, 5.41) is 9.47. The Morgan fingerprint density at radius 1 is 1.22 bits per heavy atom. The SMILES string of the molecule is COc1ccccc1-n1c(C)nnc1SCCN1CCOCC1. The highest BCUT2D eigenvalue weighted by atomic mass is 32.2. The first-order valence-corrected chi connectivity index (χ1v) is 8.76. The average Bonchev–Trinajstić information content (AvgIpc) is 2.96. The van der Waals surface area contributed by atoms with Gasteiger partial charge in [-0.1, -0.05) is 23.9 Å². The predicted molar refractivity (Wildman–Crippen MR) is 90.6 cm³/mol. The fourth-order valence-corrected chi connectivity index (χ4v) is 3.61. The van der Waals surface area contributed by atoms with Crippen LogP contribution >= 0.6 is 11.8 Å². The molecule has 1 saturated heterocycles. The molecule has 1 aromatic heterocycles. The van der Waals surface area contributed by atoms with Crippen LogP contribution < -0.4 is 4.74 Å². The molecule has 1 aliphatic heterocycles. The Bertz CT molecular complexity index is 641. The molecule has 0 unspecified atom stereocenters. The van der Waals surface area contributed by atoms with Crippen molar-refractivity contribution in [2.75, 3.05) is 45.7 Å². The van der Waals surface area contributed by atoms with Crippen LogP contribution in [0.3, 0.4) is 0 Å². The number of thioether (sulfide) groups is 1. The smallest absolute Gasteiger partial charge is 0.195 e. The number of ether oxygens (including phenoxy) is 2. The van der Waals surface area contributed by atoms with Crippen molar-refractivity contribution >= 4 is 11.8 Å². The molecule has 2 heterocycles. The normalized spacial score (nSPS) is 15.7. The van der Waals surface area contributed by atoms with Crippen LogP contribution in [0.15, 0.2) is 29.4 Å². The van der Waals surface area contributed by atoms with E-state index in [0.29, 0.717) is 0 Å². The Balaban J connectivity index is 1.71. The van der Waals surface area contributed by atoms with Gasteiger partial charge >= 0.3 is 0 Å². The van der Waals surface area contributed by atoms with Gasteiger partial charge in [0.05, 0.1) is 26.0 Å². The molecular weight excluding hydrogens is 312 g/mol. The third kappa shape index (κ3) is 3.85. The molecule has 124 valence electrons. The molecule has 0 spiro atoms. The summed E-state index contributed by atoms with van der Waals surface area (Å²) in [4.78, 5) is 2.42. The average molecular weight is 334 g/mol. The number of para-hydroxylation sites is 2. The quantitative estimate of drug-likeness (QED) is 0.753. The van der Waals surface area contributed by atoms with Crippen LogP contribution in [0, 0.1) is 6.92 Å². The molecule has 1 fully saturated rings. The maximum Gasteiger partial charge on any atom is 0.195 e. The van der Waals surface area contributed by atoms with E-state index in [9.17, 15) is 0 Å². The summed E-state index contributed by atoms with van der Waals surface area (Å²) < 4.78 is 12.9. The second-order valence-electron chi connectivity index (χ2n) is 5.34. The summed E-state index contributed by atoms with van der Waals surface area (Å²) in [6, 6.07) is 7.95. The molecule has 2 aromatic rings. The van der Waals surface area contributed by atoms with Gasteiger partial charge in [-0.2, -0.15) is 0 Å². The van der Waals surface area contributed by atoms with E-state index in [1.54, 1.807) is 18.9 Å². The molecule has 0 aliphatic carbocycles. The molecule has 7 heteroatoms. The van der Waals surface area contributed by atoms with E-state index in [-0.39, 0.29) is 0 Å². The number of hydrogen-bond donors (Lipinski definition) is 0. The van der Waals surface area contributed by atoms with Gasteiger partial charge < -0.3 is 9.47 Å². The number of methoxy groups -OCH3 is 1. The summed E-state index contributed by atoms with van der Waals surface area (Å²) in [5.41, 5.74) is 0.978. The first kappa shape index (κ1) is 16.3. The van der Waals surface area contributed by atoms with Crippen LogP contribution in [0.1, 0.15) is 5.82 Å². The van der Waals surface area contributed by atoms with Gasteiger partial charge in [0.1, 0.15) is 11.6 Å². The lowest BCUT2D eigenvalue weighted by Crippen LogP contribution is -2.37. The molecule has 0 N–H and O–H groups in total. The highest BCUT2D eigenvalue weighted by Crippen LogP contribution is 2.28. The monoisotopic (exact) mass is 334 g/mol. The van der Waals surface area contributed by atoms with Crippen LogP contribution in [0.2, 0.25) is 0 Å². The van der Waals surface area contributed by atoms with Crippen molar-refractivity contribution in [1.82, 2.24) is 19.7 Å². The molecule has 23 heavy (non-hydrogen) atoms. The first-order chi connectivity index (χ1) is 11.3. The summed E-state index contributed by atoms with van der Waals surface area (Å²) >= 11 is 1.73. The molecule has 6 nitrogen and oxygen atoms in total. The van der Waals surface area contributed by atoms with E-state index < -0.39 is 0 Å². The zero-order valence-corrected chi connectivity index (χ0v) is 14.4. The van der Waals surface area contributed by atoms with E-state index in [2.05, 4.69) is 19.7 Å². The molecule has 1 aliphatic rings. The number of hydrogen-bond acceptors (Lipinski definition) is 6. The zero-order chi connectivity index (χ0) is 16.1. The largest absolute Gasteiger partial charge is 0.495 e. The molecule has 0 atom stereocenters. The van der Waals surface area contributed by atoms with Crippen LogP contribution in [-0.2, 0) is 4.74 Å². The van der Waals surface area contributed by atoms with Gasteiger partial charge in [-0.15, -0.1) is 10.2 Å². The van der Waals surface area contributed by atoms with E-state index in [4.69, 9.17) is 9.47 Å². The third-order valence-corrected chi connectivity index (χ3v) is 4.77. The van der Waals surface area contributed by atoms with Crippen LogP contribution in [0.25, 0.3) is 5.69 Å². The zero-order valence-electron chi connectivity index (χ0n) is 13.6. The second kappa shape index (κ2) is 7.81. The van der Waals surface area contributed by atoms with Gasteiger partial charge in [0.2, 0.25) is 0 Å². The fraction of sp³-hybridized carbons (Fsp3) is 0.500. The summed E-state index contributed by atoms with van der Waals surface area (Å²) in [6.45, 7) is 6.69. The van der Waals surface area contributed by atoms with Gasteiger partial charge in [-0.25, -0.2) is 0 Å². The Morgan fingerprint density at radius 3 is 2.78 bits per heavy atom.